The van der Waals surface area contributed by atoms with Crippen LogP contribution in [0.1, 0.15) is 18.1 Å². The van der Waals surface area contributed by atoms with Gasteiger partial charge >= 0.3 is 0 Å². The molecule has 20 heavy (non-hydrogen) atoms. The lowest BCUT2D eigenvalue weighted by molar-refractivity contribution is -0.134. The molecule has 1 aromatic carbocycles. The number of rotatable bonds is 4. The third kappa shape index (κ3) is 2.72. The summed E-state index contributed by atoms with van der Waals surface area (Å²) in [6.07, 6.45) is 0.985. The largest absolute Gasteiger partial charge is 0.337 e. The Morgan fingerprint density at radius 3 is 2.75 bits per heavy atom. The molecule has 0 saturated carbocycles. The number of hydrogen-bond donors (Lipinski definition) is 1. The van der Waals surface area contributed by atoms with Crippen LogP contribution in [0.2, 0.25) is 0 Å². The molecule has 0 bridgehead atoms. The van der Waals surface area contributed by atoms with Gasteiger partial charge in [-0.2, -0.15) is 0 Å². The summed E-state index contributed by atoms with van der Waals surface area (Å²) in [6.45, 7) is 7.31. The number of fused-ring (bicyclic) bond motifs is 1. The van der Waals surface area contributed by atoms with E-state index in [1.165, 1.54) is 11.1 Å². The summed E-state index contributed by atoms with van der Waals surface area (Å²) in [6, 6.07) is 9.00. The fourth-order valence-electron chi connectivity index (χ4n) is 3.01. The summed E-state index contributed by atoms with van der Waals surface area (Å²) in [5, 5.41) is 3.28. The van der Waals surface area contributed by atoms with Crippen LogP contribution in [0.3, 0.4) is 0 Å². The van der Waals surface area contributed by atoms with E-state index in [9.17, 15) is 4.79 Å². The van der Waals surface area contributed by atoms with Crippen LogP contribution in [0, 0.1) is 0 Å². The van der Waals surface area contributed by atoms with E-state index in [1.807, 2.05) is 4.90 Å². The summed E-state index contributed by atoms with van der Waals surface area (Å²) in [4.78, 5) is 16.8. The Balaban J connectivity index is 1.60. The molecule has 4 heteroatoms. The normalized spacial score (nSPS) is 18.8. The first-order chi connectivity index (χ1) is 9.78. The number of carbonyl (C=O) groups excluding carboxylic acids is 1. The Hall–Kier alpha value is -1.39. The highest BCUT2D eigenvalue weighted by Crippen LogP contribution is 2.19. The van der Waals surface area contributed by atoms with E-state index in [1.54, 1.807) is 0 Å². The van der Waals surface area contributed by atoms with Crippen LogP contribution in [0.5, 0.6) is 0 Å². The fourth-order valence-corrected chi connectivity index (χ4v) is 3.01. The van der Waals surface area contributed by atoms with Crippen LogP contribution in [0.25, 0.3) is 0 Å². The molecular formula is C16H23N3O. The minimum absolute atomic E-state index is 0.272. The molecule has 2 aliphatic heterocycles. The van der Waals surface area contributed by atoms with Crippen molar-refractivity contribution >= 4 is 5.91 Å². The van der Waals surface area contributed by atoms with Crippen molar-refractivity contribution in [2.75, 3.05) is 32.7 Å². The molecule has 1 fully saturated rings. The third-order valence-electron chi connectivity index (χ3n) is 4.50. The van der Waals surface area contributed by atoms with Gasteiger partial charge in [0.05, 0.1) is 6.54 Å². The van der Waals surface area contributed by atoms with Crippen molar-refractivity contribution in [3.8, 4) is 0 Å². The standard InChI is InChI=1S/C16H23N3O/c1-2-18(15-9-17-10-15)12-16(20)19-8-7-13-5-3-4-6-14(13)11-19/h3-6,15,17H,2,7-12H2,1H3. The van der Waals surface area contributed by atoms with E-state index in [0.717, 1.165) is 39.1 Å². The Morgan fingerprint density at radius 1 is 1.35 bits per heavy atom. The first-order valence-corrected chi connectivity index (χ1v) is 7.57. The van der Waals surface area contributed by atoms with Gasteiger partial charge in [-0.3, -0.25) is 9.69 Å². The number of carbonyl (C=O) groups is 1. The van der Waals surface area contributed by atoms with Crippen LogP contribution in [-0.2, 0) is 17.8 Å². The SMILES string of the molecule is CCN(CC(=O)N1CCc2ccccc2C1)C1CNC1. The van der Waals surface area contributed by atoms with Crippen molar-refractivity contribution in [2.45, 2.75) is 25.9 Å². The second kappa shape index (κ2) is 5.94. The van der Waals surface area contributed by atoms with Crippen molar-refractivity contribution in [1.82, 2.24) is 15.1 Å². The maximum absolute atomic E-state index is 12.5. The lowest BCUT2D eigenvalue weighted by atomic mass is 10.00. The zero-order valence-corrected chi connectivity index (χ0v) is 12.1. The van der Waals surface area contributed by atoms with Gasteiger partial charge in [-0.15, -0.1) is 0 Å². The molecule has 4 nitrogen and oxygen atoms in total. The summed E-state index contributed by atoms with van der Waals surface area (Å²) in [5.74, 6) is 0.272. The molecule has 0 aromatic heterocycles. The highest BCUT2D eigenvalue weighted by Gasteiger charge is 2.27. The third-order valence-corrected chi connectivity index (χ3v) is 4.50. The van der Waals surface area contributed by atoms with Crippen molar-refractivity contribution < 1.29 is 4.79 Å². The number of likely N-dealkylation sites (N-methyl/N-ethyl adjacent to an activating group) is 1. The predicted octanol–water partition coefficient (Wildman–Crippen LogP) is 0.865. The van der Waals surface area contributed by atoms with E-state index < -0.39 is 0 Å². The summed E-state index contributed by atoms with van der Waals surface area (Å²) >= 11 is 0. The van der Waals surface area contributed by atoms with E-state index in [2.05, 4.69) is 41.4 Å². The number of amides is 1. The second-order valence-electron chi connectivity index (χ2n) is 5.71. The van der Waals surface area contributed by atoms with Gasteiger partial charge in [0.2, 0.25) is 5.91 Å². The summed E-state index contributed by atoms with van der Waals surface area (Å²) < 4.78 is 0. The zero-order chi connectivity index (χ0) is 13.9. The van der Waals surface area contributed by atoms with E-state index in [4.69, 9.17) is 0 Å². The molecule has 2 heterocycles. The zero-order valence-electron chi connectivity index (χ0n) is 12.1. The van der Waals surface area contributed by atoms with Gasteiger partial charge in [0.15, 0.2) is 0 Å². The quantitative estimate of drug-likeness (QED) is 0.884. The average Bonchev–Trinajstić information content (AvgIpc) is 2.44. The van der Waals surface area contributed by atoms with Crippen LogP contribution >= 0.6 is 0 Å². The number of benzene rings is 1. The van der Waals surface area contributed by atoms with Gasteiger partial charge < -0.3 is 10.2 Å². The molecule has 0 unspecified atom stereocenters. The molecule has 2 aliphatic rings. The minimum Gasteiger partial charge on any atom is -0.337 e. The van der Waals surface area contributed by atoms with E-state index in [0.29, 0.717) is 12.6 Å². The van der Waals surface area contributed by atoms with E-state index >= 15 is 0 Å². The van der Waals surface area contributed by atoms with Gasteiger partial charge in [-0.1, -0.05) is 31.2 Å². The van der Waals surface area contributed by atoms with Gasteiger partial charge in [0, 0.05) is 32.2 Å². The lowest BCUT2D eigenvalue weighted by Crippen LogP contribution is -2.59. The first kappa shape index (κ1) is 13.6. The Kier molecular flexibility index (Phi) is 4.03. The smallest absolute Gasteiger partial charge is 0.237 e. The Morgan fingerprint density at radius 2 is 2.10 bits per heavy atom. The summed E-state index contributed by atoms with van der Waals surface area (Å²) in [5.41, 5.74) is 2.70. The van der Waals surface area contributed by atoms with Crippen molar-refractivity contribution in [1.29, 1.82) is 0 Å². The van der Waals surface area contributed by atoms with Gasteiger partial charge in [0.1, 0.15) is 0 Å². The topological polar surface area (TPSA) is 35.6 Å². The molecule has 108 valence electrons. The Bertz CT molecular complexity index is 484. The molecule has 1 amide bonds. The maximum Gasteiger partial charge on any atom is 0.237 e. The van der Waals surface area contributed by atoms with Crippen LogP contribution in [0.15, 0.2) is 24.3 Å². The average molecular weight is 273 g/mol. The number of nitrogens with zero attached hydrogens (tertiary/aromatic N) is 2. The molecular weight excluding hydrogens is 250 g/mol. The molecule has 0 aliphatic carbocycles. The van der Waals surface area contributed by atoms with Gasteiger partial charge in [-0.05, 0) is 24.1 Å². The van der Waals surface area contributed by atoms with Gasteiger partial charge in [-0.25, -0.2) is 0 Å². The molecule has 0 radical (unpaired) electrons. The molecule has 0 atom stereocenters. The number of nitrogens with one attached hydrogen (secondary N) is 1. The lowest BCUT2D eigenvalue weighted by Gasteiger charge is -2.38. The van der Waals surface area contributed by atoms with Crippen LogP contribution in [-0.4, -0.2) is 54.5 Å². The highest BCUT2D eigenvalue weighted by atomic mass is 16.2. The fraction of sp³-hybridized carbons (Fsp3) is 0.562. The van der Waals surface area contributed by atoms with E-state index in [-0.39, 0.29) is 5.91 Å². The van der Waals surface area contributed by atoms with Crippen molar-refractivity contribution in [2.24, 2.45) is 0 Å². The highest BCUT2D eigenvalue weighted by molar-refractivity contribution is 5.78. The Labute approximate surface area is 120 Å². The molecule has 1 saturated heterocycles. The van der Waals surface area contributed by atoms with Crippen molar-refractivity contribution in [3.63, 3.8) is 0 Å². The second-order valence-corrected chi connectivity index (χ2v) is 5.71. The van der Waals surface area contributed by atoms with Gasteiger partial charge in [0.25, 0.3) is 0 Å². The molecule has 1 N–H and O–H groups in total. The predicted molar refractivity (Wildman–Crippen MR) is 79.5 cm³/mol. The maximum atomic E-state index is 12.5. The van der Waals surface area contributed by atoms with Crippen LogP contribution in [0.4, 0.5) is 0 Å². The molecule has 0 spiro atoms. The summed E-state index contributed by atoms with van der Waals surface area (Å²) in [7, 11) is 0. The monoisotopic (exact) mass is 273 g/mol. The first-order valence-electron chi connectivity index (χ1n) is 7.57. The molecule has 3 rings (SSSR count). The minimum atomic E-state index is 0.272. The molecule has 1 aromatic rings. The number of hydrogen-bond acceptors (Lipinski definition) is 3. The van der Waals surface area contributed by atoms with Crippen LogP contribution < -0.4 is 5.32 Å². The van der Waals surface area contributed by atoms with Crippen molar-refractivity contribution in [3.05, 3.63) is 35.4 Å².